The van der Waals surface area contributed by atoms with E-state index < -0.39 is 0 Å². The summed E-state index contributed by atoms with van der Waals surface area (Å²) in [5.74, 6) is 2.34. The average molecular weight is 514 g/mol. The van der Waals surface area contributed by atoms with E-state index in [0.29, 0.717) is 35.8 Å². The van der Waals surface area contributed by atoms with Gasteiger partial charge < -0.3 is 25.2 Å². The molecule has 9 nitrogen and oxygen atoms in total. The molecule has 0 saturated carbocycles. The van der Waals surface area contributed by atoms with Gasteiger partial charge in [0.25, 0.3) is 0 Å². The van der Waals surface area contributed by atoms with Gasteiger partial charge in [0.2, 0.25) is 5.91 Å². The number of nitrogens with two attached hydrogens (primary N) is 1. The summed E-state index contributed by atoms with van der Waals surface area (Å²) < 4.78 is 5.88. The maximum Gasteiger partial charge on any atom is 0.246 e. The minimum Gasteiger partial charge on any atom is -0.457 e. The van der Waals surface area contributed by atoms with Crippen molar-refractivity contribution in [2.24, 2.45) is 0 Å². The van der Waals surface area contributed by atoms with Gasteiger partial charge in [-0.2, -0.15) is 0 Å². The number of benzene rings is 2. The Labute approximate surface area is 224 Å². The second kappa shape index (κ2) is 12.3. The number of anilines is 2. The van der Waals surface area contributed by atoms with Crippen molar-refractivity contribution < 1.29 is 9.53 Å². The Kier molecular flexibility index (Phi) is 8.70. The molecule has 0 spiro atoms. The normalized spacial score (nSPS) is 14.2. The molecule has 1 fully saturated rings. The van der Waals surface area contributed by atoms with Gasteiger partial charge >= 0.3 is 0 Å². The molecule has 198 valence electrons. The summed E-state index contributed by atoms with van der Waals surface area (Å²) in [7, 11) is 5.91. The second-order valence-electron chi connectivity index (χ2n) is 9.60. The van der Waals surface area contributed by atoms with E-state index in [1.807, 2.05) is 91.6 Å². The Morgan fingerprint density at radius 3 is 2.37 bits per heavy atom. The highest BCUT2D eigenvalue weighted by Gasteiger charge is 2.28. The quantitative estimate of drug-likeness (QED) is 0.331. The zero-order chi connectivity index (χ0) is 27.1. The lowest BCUT2D eigenvalue weighted by atomic mass is 10.00. The fourth-order valence-electron chi connectivity index (χ4n) is 4.47. The second-order valence-corrected chi connectivity index (χ2v) is 9.60. The molecule has 1 aliphatic heterocycles. The van der Waals surface area contributed by atoms with Crippen molar-refractivity contribution in [2.75, 3.05) is 51.4 Å². The predicted molar refractivity (Wildman–Crippen MR) is 151 cm³/mol. The summed E-state index contributed by atoms with van der Waals surface area (Å²) in [6, 6.07) is 17.1. The first-order valence-corrected chi connectivity index (χ1v) is 12.7. The lowest BCUT2D eigenvalue weighted by Crippen LogP contribution is -2.45. The molecule has 4 rings (SSSR count). The molecule has 1 aromatic heterocycles. The summed E-state index contributed by atoms with van der Waals surface area (Å²) in [6.07, 6.45) is 6.58. The number of ether oxygens (including phenoxy) is 1. The Morgan fingerprint density at radius 2 is 1.71 bits per heavy atom. The van der Waals surface area contributed by atoms with Crippen LogP contribution in [0.25, 0.3) is 0 Å². The fourth-order valence-corrected chi connectivity index (χ4v) is 4.47. The van der Waals surface area contributed by atoms with Crippen LogP contribution in [0.2, 0.25) is 0 Å². The van der Waals surface area contributed by atoms with Gasteiger partial charge in [0, 0.05) is 44.4 Å². The van der Waals surface area contributed by atoms with Gasteiger partial charge in [-0.25, -0.2) is 9.97 Å². The smallest absolute Gasteiger partial charge is 0.246 e. The number of carbonyl (C=O) groups is 1. The van der Waals surface area contributed by atoms with Crippen molar-refractivity contribution in [3.63, 3.8) is 0 Å². The van der Waals surface area contributed by atoms with Gasteiger partial charge in [-0.3, -0.25) is 10.2 Å². The topological polar surface area (TPSA) is 112 Å². The number of likely N-dealkylation sites (tertiary alicyclic amines) is 1. The number of hydrogen-bond acceptors (Lipinski definition) is 8. The molecule has 1 amide bonds. The minimum atomic E-state index is 0.0430. The summed E-state index contributed by atoms with van der Waals surface area (Å²) in [5, 5.41) is 8.94. The van der Waals surface area contributed by atoms with Crippen LogP contribution in [0.15, 0.2) is 73.1 Å². The van der Waals surface area contributed by atoms with Crippen LogP contribution in [0.5, 0.6) is 11.5 Å². The maximum atomic E-state index is 12.5. The van der Waals surface area contributed by atoms with E-state index in [0.717, 1.165) is 25.1 Å². The number of nitrogens with one attached hydrogen (secondary N) is 1. The Hall–Kier alpha value is -4.24. The van der Waals surface area contributed by atoms with E-state index >= 15 is 0 Å². The number of nitrogen functional groups attached to an aromatic ring is 1. The van der Waals surface area contributed by atoms with Crippen LogP contribution < -0.4 is 15.4 Å². The molecule has 3 N–H and O–H groups in total. The summed E-state index contributed by atoms with van der Waals surface area (Å²) in [6.45, 7) is 2.06. The number of hydrogen-bond donors (Lipinski definition) is 2. The van der Waals surface area contributed by atoms with E-state index in [-0.39, 0.29) is 23.5 Å². The number of piperidine rings is 1. The third-order valence-electron chi connectivity index (χ3n) is 6.62. The van der Waals surface area contributed by atoms with Crippen LogP contribution >= 0.6 is 0 Å². The Balaban J connectivity index is 1.45. The highest BCUT2D eigenvalue weighted by Crippen LogP contribution is 2.29. The zero-order valence-electron chi connectivity index (χ0n) is 22.2. The van der Waals surface area contributed by atoms with Crippen LogP contribution in [0.4, 0.5) is 11.6 Å². The van der Waals surface area contributed by atoms with E-state index in [1.165, 1.54) is 6.33 Å². The van der Waals surface area contributed by atoms with Crippen molar-refractivity contribution in [2.45, 2.75) is 18.9 Å². The number of carbonyl (C=O) groups excluding carboxylic acids is 1. The lowest BCUT2D eigenvalue weighted by molar-refractivity contribution is -0.127. The number of amides is 1. The van der Waals surface area contributed by atoms with Crippen molar-refractivity contribution in [3.8, 4) is 11.5 Å². The SMILES string of the molecule is CN(C)C/C=C/C(=O)N1CCC(N(C)c2ncnc(N)c2C(=N)c2ccc(Oc3ccccc3)cc2)CC1. The van der Waals surface area contributed by atoms with Gasteiger partial charge in [-0.15, -0.1) is 0 Å². The van der Waals surface area contributed by atoms with E-state index in [9.17, 15) is 4.79 Å². The molecule has 0 aliphatic carbocycles. The monoisotopic (exact) mass is 513 g/mol. The molecular weight excluding hydrogens is 478 g/mol. The van der Waals surface area contributed by atoms with Gasteiger partial charge in [0.15, 0.2) is 0 Å². The van der Waals surface area contributed by atoms with Crippen LogP contribution in [0, 0.1) is 5.41 Å². The molecule has 0 bridgehead atoms. The average Bonchev–Trinajstić information content (AvgIpc) is 2.93. The van der Waals surface area contributed by atoms with Crippen LogP contribution in [-0.4, -0.2) is 78.2 Å². The third kappa shape index (κ3) is 6.54. The predicted octanol–water partition coefficient (Wildman–Crippen LogP) is 3.81. The van der Waals surface area contributed by atoms with E-state index in [1.54, 1.807) is 6.08 Å². The molecule has 3 aromatic rings. The summed E-state index contributed by atoms with van der Waals surface area (Å²) in [4.78, 5) is 27.2. The van der Waals surface area contributed by atoms with Crippen LogP contribution in [-0.2, 0) is 4.79 Å². The first-order valence-electron chi connectivity index (χ1n) is 12.7. The first-order chi connectivity index (χ1) is 18.3. The zero-order valence-corrected chi connectivity index (χ0v) is 22.2. The van der Waals surface area contributed by atoms with Crippen molar-refractivity contribution in [1.82, 2.24) is 19.8 Å². The fraction of sp³-hybridized carbons (Fsp3) is 0.310. The first kappa shape index (κ1) is 26.8. The van der Waals surface area contributed by atoms with Gasteiger partial charge in [0.1, 0.15) is 29.5 Å². The Bertz CT molecular complexity index is 1270. The van der Waals surface area contributed by atoms with Crippen molar-refractivity contribution >= 4 is 23.3 Å². The molecular formula is C29H35N7O2. The molecule has 9 heteroatoms. The molecule has 1 aliphatic rings. The van der Waals surface area contributed by atoms with Crippen molar-refractivity contribution in [1.29, 1.82) is 5.41 Å². The Morgan fingerprint density at radius 1 is 1.05 bits per heavy atom. The standard InChI is InChI=1S/C29H35N7O2/c1-34(2)17-7-10-25(37)36-18-15-22(16-19-36)35(3)29-26(28(31)32-20-33-29)27(30)21-11-13-24(14-12-21)38-23-8-5-4-6-9-23/h4-14,20,22,30H,15-19H2,1-3H3,(H2,31,32,33)/b10-7+,30-27?. The highest BCUT2D eigenvalue weighted by molar-refractivity contribution is 6.16. The van der Waals surface area contributed by atoms with Gasteiger partial charge in [0.05, 0.1) is 11.3 Å². The number of nitrogens with zero attached hydrogens (tertiary/aromatic N) is 5. The molecule has 1 saturated heterocycles. The number of rotatable bonds is 9. The molecule has 38 heavy (non-hydrogen) atoms. The van der Waals surface area contributed by atoms with E-state index in [4.69, 9.17) is 15.9 Å². The number of para-hydroxylation sites is 1. The third-order valence-corrected chi connectivity index (χ3v) is 6.62. The lowest BCUT2D eigenvalue weighted by Gasteiger charge is -2.37. The molecule has 0 unspecified atom stereocenters. The van der Waals surface area contributed by atoms with Gasteiger partial charge in [-0.1, -0.05) is 24.3 Å². The number of likely N-dealkylation sites (N-methyl/N-ethyl adjacent to an activating group) is 1. The maximum absolute atomic E-state index is 12.5. The molecule has 2 heterocycles. The van der Waals surface area contributed by atoms with Crippen LogP contribution in [0.1, 0.15) is 24.0 Å². The molecule has 0 radical (unpaired) electrons. The van der Waals surface area contributed by atoms with E-state index in [2.05, 4.69) is 14.9 Å². The summed E-state index contributed by atoms with van der Waals surface area (Å²) >= 11 is 0. The molecule has 2 aromatic carbocycles. The largest absolute Gasteiger partial charge is 0.457 e. The van der Waals surface area contributed by atoms with Crippen molar-refractivity contribution in [3.05, 3.63) is 84.2 Å². The summed E-state index contributed by atoms with van der Waals surface area (Å²) in [5.41, 5.74) is 7.71. The highest BCUT2D eigenvalue weighted by atomic mass is 16.5. The molecule has 0 atom stereocenters. The number of aromatic nitrogens is 2. The minimum absolute atomic E-state index is 0.0430. The van der Waals surface area contributed by atoms with Crippen LogP contribution in [0.3, 0.4) is 0 Å². The van der Waals surface area contributed by atoms with Gasteiger partial charge in [-0.05, 0) is 63.3 Å².